The average Bonchev–Trinajstić information content (AvgIpc) is 2.37. The number of hydrogen-bond acceptors (Lipinski definition) is 1. The second-order valence-electron chi connectivity index (χ2n) is 4.39. The van der Waals surface area contributed by atoms with Crippen LogP contribution in [0.25, 0.3) is 0 Å². The van der Waals surface area contributed by atoms with E-state index in [2.05, 4.69) is 28.2 Å². The van der Waals surface area contributed by atoms with Gasteiger partial charge in [0.15, 0.2) is 0 Å². The second kappa shape index (κ2) is 6.51. The average molecular weight is 343 g/mol. The van der Waals surface area contributed by atoms with Crippen LogP contribution in [0.2, 0.25) is 5.02 Å². The first-order valence-corrected chi connectivity index (χ1v) is 7.16. The summed E-state index contributed by atoms with van der Waals surface area (Å²) < 4.78 is 13.8. The van der Waals surface area contributed by atoms with Crippen LogP contribution in [0.1, 0.15) is 24.1 Å². The highest BCUT2D eigenvalue weighted by Crippen LogP contribution is 2.21. The van der Waals surface area contributed by atoms with E-state index in [1.807, 2.05) is 24.3 Å². The van der Waals surface area contributed by atoms with Crippen LogP contribution in [0.3, 0.4) is 0 Å². The van der Waals surface area contributed by atoms with Crippen LogP contribution >= 0.6 is 27.5 Å². The lowest BCUT2D eigenvalue weighted by atomic mass is 10.1. The molecular weight excluding hydrogens is 329 g/mol. The summed E-state index contributed by atoms with van der Waals surface area (Å²) in [7, 11) is 0. The van der Waals surface area contributed by atoms with Crippen molar-refractivity contribution in [3.63, 3.8) is 0 Å². The lowest BCUT2D eigenvalue weighted by Gasteiger charge is -2.15. The quantitative estimate of drug-likeness (QED) is 0.816. The van der Waals surface area contributed by atoms with Gasteiger partial charge < -0.3 is 5.32 Å². The molecule has 2 aromatic carbocycles. The van der Waals surface area contributed by atoms with Gasteiger partial charge in [0.1, 0.15) is 5.82 Å². The first-order valence-electron chi connectivity index (χ1n) is 5.99. The Kier molecular flexibility index (Phi) is 4.97. The predicted octanol–water partition coefficient (Wildman–Crippen LogP) is 5.09. The SMILES string of the molecule is C[C@@H](NCc1ccc(F)cc1Br)c1cccc(Cl)c1. The maximum absolute atomic E-state index is 13.0. The van der Waals surface area contributed by atoms with Crippen molar-refractivity contribution in [1.29, 1.82) is 0 Å². The Morgan fingerprint density at radius 2 is 2.05 bits per heavy atom. The summed E-state index contributed by atoms with van der Waals surface area (Å²) >= 11 is 9.34. The van der Waals surface area contributed by atoms with E-state index in [1.165, 1.54) is 12.1 Å². The molecule has 1 N–H and O–H groups in total. The highest BCUT2D eigenvalue weighted by Gasteiger charge is 2.07. The molecule has 0 aliphatic heterocycles. The third kappa shape index (κ3) is 4.03. The number of halogens is 3. The molecule has 0 aliphatic rings. The van der Waals surface area contributed by atoms with Crippen LogP contribution in [0.5, 0.6) is 0 Å². The highest BCUT2D eigenvalue weighted by molar-refractivity contribution is 9.10. The topological polar surface area (TPSA) is 12.0 Å². The first-order chi connectivity index (χ1) is 9.06. The van der Waals surface area contributed by atoms with Crippen LogP contribution in [-0.4, -0.2) is 0 Å². The van der Waals surface area contributed by atoms with E-state index in [0.717, 1.165) is 20.6 Å². The minimum atomic E-state index is -0.237. The molecule has 0 saturated carbocycles. The van der Waals surface area contributed by atoms with Crippen molar-refractivity contribution in [3.05, 3.63) is 68.9 Å². The summed E-state index contributed by atoms with van der Waals surface area (Å²) in [5, 5.41) is 4.12. The molecule has 0 bridgehead atoms. The van der Waals surface area contributed by atoms with Crippen molar-refractivity contribution in [2.75, 3.05) is 0 Å². The molecule has 0 saturated heterocycles. The third-order valence-corrected chi connectivity index (χ3v) is 3.94. The summed E-state index contributed by atoms with van der Waals surface area (Å²) in [4.78, 5) is 0. The van der Waals surface area contributed by atoms with Crippen LogP contribution in [0.4, 0.5) is 4.39 Å². The Labute approximate surface area is 125 Å². The van der Waals surface area contributed by atoms with E-state index in [4.69, 9.17) is 11.6 Å². The fourth-order valence-electron chi connectivity index (χ4n) is 1.82. The molecule has 2 aromatic rings. The van der Waals surface area contributed by atoms with Crippen LogP contribution in [-0.2, 0) is 6.54 Å². The normalized spacial score (nSPS) is 12.4. The van der Waals surface area contributed by atoms with Gasteiger partial charge in [0, 0.05) is 22.1 Å². The molecular formula is C15H14BrClFN. The van der Waals surface area contributed by atoms with Gasteiger partial charge in [0.25, 0.3) is 0 Å². The minimum absolute atomic E-state index is 0.177. The molecule has 0 amide bonds. The van der Waals surface area contributed by atoms with Crippen molar-refractivity contribution in [3.8, 4) is 0 Å². The van der Waals surface area contributed by atoms with E-state index < -0.39 is 0 Å². The third-order valence-electron chi connectivity index (χ3n) is 2.96. The van der Waals surface area contributed by atoms with Gasteiger partial charge in [-0.1, -0.05) is 45.7 Å². The van der Waals surface area contributed by atoms with Gasteiger partial charge in [-0.15, -0.1) is 0 Å². The Morgan fingerprint density at radius 3 is 2.74 bits per heavy atom. The summed E-state index contributed by atoms with van der Waals surface area (Å²) in [6, 6.07) is 12.7. The Hall–Kier alpha value is -0.900. The summed E-state index contributed by atoms with van der Waals surface area (Å²) in [5.41, 5.74) is 2.15. The van der Waals surface area contributed by atoms with Gasteiger partial charge in [-0.2, -0.15) is 0 Å². The first kappa shape index (κ1) is 14.5. The van der Waals surface area contributed by atoms with Gasteiger partial charge in [0.2, 0.25) is 0 Å². The Bertz CT molecular complexity index is 574. The summed E-state index contributed by atoms with van der Waals surface area (Å²) in [5.74, 6) is -0.237. The smallest absolute Gasteiger partial charge is 0.124 e. The maximum atomic E-state index is 13.0. The largest absolute Gasteiger partial charge is 0.306 e. The number of benzene rings is 2. The molecule has 1 nitrogen and oxygen atoms in total. The van der Waals surface area contributed by atoms with E-state index in [-0.39, 0.29) is 11.9 Å². The van der Waals surface area contributed by atoms with Gasteiger partial charge in [-0.3, -0.25) is 0 Å². The molecule has 0 aromatic heterocycles. The van der Waals surface area contributed by atoms with Crippen LogP contribution in [0, 0.1) is 5.82 Å². The zero-order valence-corrected chi connectivity index (χ0v) is 12.8. The molecule has 0 spiro atoms. The molecule has 0 unspecified atom stereocenters. The van der Waals surface area contributed by atoms with Gasteiger partial charge in [-0.05, 0) is 42.3 Å². The molecule has 19 heavy (non-hydrogen) atoms. The molecule has 2 rings (SSSR count). The fraction of sp³-hybridized carbons (Fsp3) is 0.200. The molecule has 4 heteroatoms. The van der Waals surface area contributed by atoms with Crippen LogP contribution in [0.15, 0.2) is 46.9 Å². The Balaban J connectivity index is 2.02. The maximum Gasteiger partial charge on any atom is 0.124 e. The van der Waals surface area contributed by atoms with E-state index in [9.17, 15) is 4.39 Å². The van der Waals surface area contributed by atoms with Crippen molar-refractivity contribution < 1.29 is 4.39 Å². The second-order valence-corrected chi connectivity index (χ2v) is 5.68. The summed E-state index contributed by atoms with van der Waals surface area (Å²) in [6.07, 6.45) is 0. The number of nitrogens with one attached hydrogen (secondary N) is 1. The van der Waals surface area contributed by atoms with Crippen molar-refractivity contribution in [1.82, 2.24) is 5.32 Å². The van der Waals surface area contributed by atoms with Gasteiger partial charge >= 0.3 is 0 Å². The molecule has 0 heterocycles. The lowest BCUT2D eigenvalue weighted by molar-refractivity contribution is 0.571. The predicted molar refractivity (Wildman–Crippen MR) is 80.8 cm³/mol. The number of rotatable bonds is 4. The van der Waals surface area contributed by atoms with E-state index in [0.29, 0.717) is 6.54 Å². The van der Waals surface area contributed by atoms with Crippen molar-refractivity contribution >= 4 is 27.5 Å². The Morgan fingerprint density at radius 1 is 1.26 bits per heavy atom. The molecule has 0 fully saturated rings. The molecule has 100 valence electrons. The molecule has 0 radical (unpaired) electrons. The molecule has 1 atom stereocenters. The van der Waals surface area contributed by atoms with E-state index in [1.54, 1.807) is 6.07 Å². The lowest BCUT2D eigenvalue weighted by Crippen LogP contribution is -2.18. The minimum Gasteiger partial charge on any atom is -0.306 e. The number of hydrogen-bond donors (Lipinski definition) is 1. The fourth-order valence-corrected chi connectivity index (χ4v) is 2.51. The monoisotopic (exact) mass is 341 g/mol. The van der Waals surface area contributed by atoms with E-state index >= 15 is 0 Å². The molecule has 0 aliphatic carbocycles. The van der Waals surface area contributed by atoms with Crippen molar-refractivity contribution in [2.45, 2.75) is 19.5 Å². The standard InChI is InChI=1S/C15H14BrClFN/c1-10(11-3-2-4-13(17)7-11)19-9-12-5-6-14(18)8-15(12)16/h2-8,10,19H,9H2,1H3/t10-/m1/s1. The summed E-state index contributed by atoms with van der Waals surface area (Å²) in [6.45, 7) is 2.73. The zero-order valence-electron chi connectivity index (χ0n) is 10.5. The highest BCUT2D eigenvalue weighted by atomic mass is 79.9. The van der Waals surface area contributed by atoms with Gasteiger partial charge in [0.05, 0.1) is 0 Å². The van der Waals surface area contributed by atoms with Crippen molar-refractivity contribution in [2.24, 2.45) is 0 Å². The van der Waals surface area contributed by atoms with Crippen LogP contribution < -0.4 is 5.32 Å². The van der Waals surface area contributed by atoms with Gasteiger partial charge in [-0.25, -0.2) is 4.39 Å². The zero-order chi connectivity index (χ0) is 13.8.